The molecule has 118 valence electrons. The van der Waals surface area contributed by atoms with E-state index in [-0.39, 0.29) is 23.7 Å². The number of nitrogens with two attached hydrogens (primary N) is 1. The van der Waals surface area contributed by atoms with Gasteiger partial charge in [-0.2, -0.15) is 0 Å². The zero-order chi connectivity index (χ0) is 15.9. The predicted octanol–water partition coefficient (Wildman–Crippen LogP) is 2.84. The molecule has 5 nitrogen and oxygen atoms in total. The first-order chi connectivity index (χ1) is 10.6. The van der Waals surface area contributed by atoms with Crippen LogP contribution in [0, 0.1) is 0 Å². The summed E-state index contributed by atoms with van der Waals surface area (Å²) in [5, 5.41) is 2.93. The van der Waals surface area contributed by atoms with E-state index in [9.17, 15) is 4.79 Å². The Morgan fingerprint density at radius 2 is 1.95 bits per heavy atom. The highest BCUT2D eigenvalue weighted by atomic mass is 16.3. The smallest absolute Gasteiger partial charge is 0.273 e. The molecule has 0 fully saturated rings. The summed E-state index contributed by atoms with van der Waals surface area (Å²) in [5.74, 6) is 0.175. The molecule has 1 aromatic heterocycles. The number of hydrogen-bond acceptors (Lipinski definition) is 4. The molecule has 5 heteroatoms. The summed E-state index contributed by atoms with van der Waals surface area (Å²) in [7, 11) is 0. The lowest BCUT2D eigenvalue weighted by Gasteiger charge is -2.13. The van der Waals surface area contributed by atoms with E-state index >= 15 is 0 Å². The molecule has 1 amide bonds. The van der Waals surface area contributed by atoms with E-state index in [1.54, 1.807) is 0 Å². The third-order valence-corrected chi connectivity index (χ3v) is 3.69. The maximum Gasteiger partial charge on any atom is 0.273 e. The van der Waals surface area contributed by atoms with E-state index in [4.69, 9.17) is 10.2 Å². The summed E-state index contributed by atoms with van der Waals surface area (Å²) in [6, 6.07) is 9.69. The Bertz CT molecular complexity index is 591. The van der Waals surface area contributed by atoms with Gasteiger partial charge in [0.15, 0.2) is 5.69 Å². The SMILES string of the molecule is CCC(CC)NC(=O)c1coc(C(N)Cc2ccccc2)n1. The molecule has 0 saturated carbocycles. The van der Waals surface area contributed by atoms with Crippen molar-refractivity contribution in [2.45, 2.75) is 45.2 Å². The van der Waals surface area contributed by atoms with Gasteiger partial charge >= 0.3 is 0 Å². The monoisotopic (exact) mass is 301 g/mol. The molecule has 1 unspecified atom stereocenters. The highest BCUT2D eigenvalue weighted by Crippen LogP contribution is 2.16. The topological polar surface area (TPSA) is 81.2 Å². The van der Waals surface area contributed by atoms with Crippen LogP contribution in [-0.2, 0) is 6.42 Å². The Balaban J connectivity index is 1.99. The Morgan fingerprint density at radius 1 is 1.27 bits per heavy atom. The van der Waals surface area contributed by atoms with Crippen molar-refractivity contribution in [2.75, 3.05) is 0 Å². The van der Waals surface area contributed by atoms with Crippen LogP contribution in [0.3, 0.4) is 0 Å². The number of carbonyl (C=O) groups is 1. The fourth-order valence-corrected chi connectivity index (χ4v) is 2.27. The van der Waals surface area contributed by atoms with Gasteiger partial charge in [0.1, 0.15) is 6.26 Å². The highest BCUT2D eigenvalue weighted by Gasteiger charge is 2.18. The first kappa shape index (κ1) is 16.2. The molecule has 0 radical (unpaired) electrons. The van der Waals surface area contributed by atoms with Crippen molar-refractivity contribution >= 4 is 5.91 Å². The van der Waals surface area contributed by atoms with Crippen LogP contribution >= 0.6 is 0 Å². The van der Waals surface area contributed by atoms with Gasteiger partial charge < -0.3 is 15.5 Å². The molecule has 2 rings (SSSR count). The van der Waals surface area contributed by atoms with Crippen LogP contribution in [-0.4, -0.2) is 16.9 Å². The molecule has 22 heavy (non-hydrogen) atoms. The minimum Gasteiger partial charge on any atom is -0.446 e. The minimum atomic E-state index is -0.364. The second-order valence-corrected chi connectivity index (χ2v) is 5.35. The second-order valence-electron chi connectivity index (χ2n) is 5.35. The van der Waals surface area contributed by atoms with Gasteiger partial charge in [0.05, 0.1) is 6.04 Å². The molecule has 0 bridgehead atoms. The molecule has 0 aliphatic rings. The molecule has 0 saturated heterocycles. The van der Waals surface area contributed by atoms with Crippen molar-refractivity contribution in [2.24, 2.45) is 5.73 Å². The van der Waals surface area contributed by atoms with Crippen LogP contribution in [0.4, 0.5) is 0 Å². The van der Waals surface area contributed by atoms with Crippen LogP contribution in [0.5, 0.6) is 0 Å². The largest absolute Gasteiger partial charge is 0.446 e. The Labute approximate surface area is 130 Å². The summed E-state index contributed by atoms with van der Waals surface area (Å²) in [6.45, 7) is 4.08. The number of carbonyl (C=O) groups excluding carboxylic acids is 1. The van der Waals surface area contributed by atoms with Crippen LogP contribution in [0.2, 0.25) is 0 Å². The Kier molecular flexibility index (Phi) is 5.72. The first-order valence-corrected chi connectivity index (χ1v) is 7.69. The predicted molar refractivity (Wildman–Crippen MR) is 85.4 cm³/mol. The lowest BCUT2D eigenvalue weighted by Crippen LogP contribution is -2.34. The first-order valence-electron chi connectivity index (χ1n) is 7.69. The van der Waals surface area contributed by atoms with Gasteiger partial charge in [0.2, 0.25) is 5.89 Å². The number of oxazole rings is 1. The van der Waals surface area contributed by atoms with Crippen LogP contribution < -0.4 is 11.1 Å². The zero-order valence-electron chi connectivity index (χ0n) is 13.1. The standard InChI is InChI=1S/C17H23N3O2/c1-3-13(4-2)19-16(21)15-11-22-17(20-15)14(18)10-12-8-6-5-7-9-12/h5-9,11,13-14H,3-4,10,18H2,1-2H3,(H,19,21). The van der Waals surface area contributed by atoms with Crippen LogP contribution in [0.25, 0.3) is 0 Å². The highest BCUT2D eigenvalue weighted by molar-refractivity contribution is 5.92. The maximum atomic E-state index is 12.1. The van der Waals surface area contributed by atoms with Crippen LogP contribution in [0.15, 0.2) is 41.0 Å². The Hall–Kier alpha value is -2.14. The molecule has 1 aromatic carbocycles. The normalized spacial score (nSPS) is 12.4. The fraction of sp³-hybridized carbons (Fsp3) is 0.412. The summed E-state index contributed by atoms with van der Waals surface area (Å²) >= 11 is 0. The van der Waals surface area contributed by atoms with Gasteiger partial charge in [-0.25, -0.2) is 4.98 Å². The lowest BCUT2D eigenvalue weighted by molar-refractivity contribution is 0.0929. The van der Waals surface area contributed by atoms with Crippen molar-refractivity contribution in [1.82, 2.24) is 10.3 Å². The molecule has 1 atom stereocenters. The molecule has 3 N–H and O–H groups in total. The third-order valence-electron chi connectivity index (χ3n) is 3.69. The fourth-order valence-electron chi connectivity index (χ4n) is 2.27. The Morgan fingerprint density at radius 3 is 2.59 bits per heavy atom. The van der Waals surface area contributed by atoms with Gasteiger partial charge in [-0.05, 0) is 24.8 Å². The van der Waals surface area contributed by atoms with E-state index in [0.29, 0.717) is 12.3 Å². The number of nitrogens with one attached hydrogen (secondary N) is 1. The van der Waals surface area contributed by atoms with Crippen molar-refractivity contribution < 1.29 is 9.21 Å². The number of hydrogen-bond donors (Lipinski definition) is 2. The van der Waals surface area contributed by atoms with Gasteiger partial charge in [0, 0.05) is 6.04 Å². The van der Waals surface area contributed by atoms with Crippen molar-refractivity contribution in [3.8, 4) is 0 Å². The van der Waals surface area contributed by atoms with Gasteiger partial charge in [-0.15, -0.1) is 0 Å². The molecule has 0 aliphatic heterocycles. The van der Waals surface area contributed by atoms with Crippen molar-refractivity contribution in [3.05, 3.63) is 53.7 Å². The number of rotatable bonds is 7. The lowest BCUT2D eigenvalue weighted by atomic mass is 10.1. The van der Waals surface area contributed by atoms with E-state index in [2.05, 4.69) is 10.3 Å². The number of benzene rings is 1. The summed E-state index contributed by atoms with van der Waals surface area (Å²) in [6.07, 6.45) is 3.77. The van der Waals surface area contributed by atoms with Crippen molar-refractivity contribution in [1.29, 1.82) is 0 Å². The molecular formula is C17H23N3O2. The van der Waals surface area contributed by atoms with Gasteiger partial charge in [-0.1, -0.05) is 44.2 Å². The van der Waals surface area contributed by atoms with Crippen molar-refractivity contribution in [3.63, 3.8) is 0 Å². The summed E-state index contributed by atoms with van der Waals surface area (Å²) < 4.78 is 5.37. The third kappa shape index (κ3) is 4.18. The number of aromatic nitrogens is 1. The van der Waals surface area contributed by atoms with Gasteiger partial charge in [-0.3, -0.25) is 4.79 Å². The van der Waals surface area contributed by atoms with E-state index in [0.717, 1.165) is 18.4 Å². The maximum absolute atomic E-state index is 12.1. The second kappa shape index (κ2) is 7.75. The van der Waals surface area contributed by atoms with Crippen LogP contribution in [0.1, 0.15) is 54.7 Å². The number of amides is 1. The van der Waals surface area contributed by atoms with E-state index in [1.807, 2.05) is 44.2 Å². The molecule has 0 spiro atoms. The van der Waals surface area contributed by atoms with E-state index in [1.165, 1.54) is 6.26 Å². The number of nitrogens with zero attached hydrogens (tertiary/aromatic N) is 1. The molecule has 2 aromatic rings. The summed E-state index contributed by atoms with van der Waals surface area (Å²) in [5.41, 5.74) is 7.50. The molecule has 1 heterocycles. The zero-order valence-corrected chi connectivity index (χ0v) is 13.1. The average Bonchev–Trinajstić information content (AvgIpc) is 3.03. The minimum absolute atomic E-state index is 0.158. The average molecular weight is 301 g/mol. The molecule has 0 aliphatic carbocycles. The quantitative estimate of drug-likeness (QED) is 0.824. The van der Waals surface area contributed by atoms with E-state index < -0.39 is 0 Å². The van der Waals surface area contributed by atoms with Gasteiger partial charge in [0.25, 0.3) is 5.91 Å². The molecular weight excluding hydrogens is 278 g/mol. The summed E-state index contributed by atoms with van der Waals surface area (Å²) in [4.78, 5) is 16.3.